The van der Waals surface area contributed by atoms with Gasteiger partial charge in [0.15, 0.2) is 4.96 Å². The highest BCUT2D eigenvalue weighted by Crippen LogP contribution is 2.20. The van der Waals surface area contributed by atoms with Crippen molar-refractivity contribution in [1.29, 1.82) is 0 Å². The van der Waals surface area contributed by atoms with Crippen molar-refractivity contribution in [3.63, 3.8) is 0 Å². The summed E-state index contributed by atoms with van der Waals surface area (Å²) in [7, 11) is 0. The van der Waals surface area contributed by atoms with Gasteiger partial charge in [-0.25, -0.2) is 4.98 Å². The molecule has 0 saturated heterocycles. The summed E-state index contributed by atoms with van der Waals surface area (Å²) < 4.78 is 6.98. The Labute approximate surface area is 142 Å². The Bertz CT molecular complexity index is 975. The Balaban J connectivity index is 2.03. The maximum absolute atomic E-state index is 12.7. The number of hydrogen-bond donors (Lipinski definition) is 1. The molecule has 7 heteroatoms. The first-order chi connectivity index (χ1) is 11.5. The van der Waals surface area contributed by atoms with Gasteiger partial charge in [-0.15, -0.1) is 11.3 Å². The van der Waals surface area contributed by atoms with Crippen LogP contribution in [0, 0.1) is 13.8 Å². The van der Waals surface area contributed by atoms with E-state index >= 15 is 0 Å². The fourth-order valence-electron chi connectivity index (χ4n) is 2.44. The van der Waals surface area contributed by atoms with Crippen LogP contribution in [0.5, 0.6) is 5.75 Å². The highest BCUT2D eigenvalue weighted by atomic mass is 32.1. The number of hydrogen-bond acceptors (Lipinski definition) is 5. The molecular weight excluding hydrogens is 326 g/mol. The van der Waals surface area contributed by atoms with Gasteiger partial charge >= 0.3 is 0 Å². The van der Waals surface area contributed by atoms with Crippen LogP contribution in [0.4, 0.5) is 5.69 Å². The Morgan fingerprint density at radius 3 is 2.83 bits per heavy atom. The first kappa shape index (κ1) is 16.2. The third kappa shape index (κ3) is 2.78. The molecule has 1 amide bonds. The minimum atomic E-state index is -0.395. The van der Waals surface area contributed by atoms with Crippen molar-refractivity contribution in [1.82, 2.24) is 9.38 Å². The van der Waals surface area contributed by atoms with E-state index in [2.05, 4.69) is 10.3 Å². The van der Waals surface area contributed by atoms with E-state index in [9.17, 15) is 9.59 Å². The van der Waals surface area contributed by atoms with E-state index in [0.29, 0.717) is 28.6 Å². The monoisotopic (exact) mass is 343 g/mol. The van der Waals surface area contributed by atoms with Crippen molar-refractivity contribution in [2.24, 2.45) is 0 Å². The van der Waals surface area contributed by atoms with Gasteiger partial charge in [0, 0.05) is 11.1 Å². The highest BCUT2D eigenvalue weighted by molar-refractivity contribution is 7.15. The molecule has 0 bridgehead atoms. The molecule has 0 saturated carbocycles. The number of anilines is 1. The van der Waals surface area contributed by atoms with Crippen LogP contribution >= 0.6 is 11.3 Å². The molecule has 2 aromatic heterocycles. The summed E-state index contributed by atoms with van der Waals surface area (Å²) in [6.07, 6.45) is 0. The van der Waals surface area contributed by atoms with Gasteiger partial charge in [-0.2, -0.15) is 0 Å². The highest BCUT2D eigenvalue weighted by Gasteiger charge is 2.18. The summed E-state index contributed by atoms with van der Waals surface area (Å²) in [4.78, 5) is 30.3. The predicted octanol–water partition coefficient (Wildman–Crippen LogP) is 3.02. The fourth-order valence-corrected chi connectivity index (χ4v) is 3.35. The average Bonchev–Trinajstić information content (AvgIpc) is 2.93. The number of ether oxygens (including phenoxy) is 1. The molecule has 124 valence electrons. The lowest BCUT2D eigenvalue weighted by Gasteiger charge is -2.11. The van der Waals surface area contributed by atoms with Gasteiger partial charge in [-0.1, -0.05) is 12.1 Å². The second kappa shape index (κ2) is 6.45. The zero-order chi connectivity index (χ0) is 17.3. The molecule has 24 heavy (non-hydrogen) atoms. The molecule has 0 aliphatic carbocycles. The van der Waals surface area contributed by atoms with Crippen molar-refractivity contribution >= 4 is 27.9 Å². The van der Waals surface area contributed by atoms with Gasteiger partial charge in [0.2, 0.25) is 0 Å². The number of aryl methyl sites for hydroxylation is 2. The van der Waals surface area contributed by atoms with E-state index in [4.69, 9.17) is 4.74 Å². The van der Waals surface area contributed by atoms with E-state index in [1.807, 2.05) is 19.2 Å². The van der Waals surface area contributed by atoms with Crippen LogP contribution in [0.25, 0.3) is 4.96 Å². The summed E-state index contributed by atoms with van der Waals surface area (Å²) in [5, 5.41) is 4.55. The number of aromatic nitrogens is 2. The molecule has 0 radical (unpaired) electrons. The minimum Gasteiger partial charge on any atom is -0.493 e. The molecule has 0 aliphatic heterocycles. The average molecular weight is 343 g/mol. The topological polar surface area (TPSA) is 72.7 Å². The maximum atomic E-state index is 12.7. The van der Waals surface area contributed by atoms with Crippen LogP contribution < -0.4 is 15.6 Å². The predicted molar refractivity (Wildman–Crippen MR) is 94.4 cm³/mol. The van der Waals surface area contributed by atoms with Crippen LogP contribution in [-0.4, -0.2) is 21.9 Å². The molecule has 3 aromatic rings. The Morgan fingerprint density at radius 2 is 2.08 bits per heavy atom. The molecule has 1 aromatic carbocycles. The van der Waals surface area contributed by atoms with Gasteiger partial charge in [0.1, 0.15) is 11.4 Å². The van der Waals surface area contributed by atoms with Gasteiger partial charge in [0.05, 0.1) is 17.9 Å². The molecule has 1 N–H and O–H groups in total. The molecule has 3 rings (SSSR count). The summed E-state index contributed by atoms with van der Waals surface area (Å²) in [5.41, 5.74) is 1.57. The van der Waals surface area contributed by atoms with E-state index in [0.717, 1.165) is 5.69 Å². The van der Waals surface area contributed by atoms with Gasteiger partial charge in [-0.3, -0.25) is 14.0 Å². The van der Waals surface area contributed by atoms with Crippen LogP contribution in [0.3, 0.4) is 0 Å². The third-order valence-electron chi connectivity index (χ3n) is 3.59. The Hall–Kier alpha value is -2.67. The molecular formula is C17H17N3O3S. The summed E-state index contributed by atoms with van der Waals surface area (Å²) >= 11 is 1.39. The van der Waals surface area contributed by atoms with Crippen molar-refractivity contribution in [3.8, 4) is 5.75 Å². The Kier molecular flexibility index (Phi) is 4.35. The first-order valence-corrected chi connectivity index (χ1v) is 8.41. The fraction of sp³-hybridized carbons (Fsp3) is 0.235. The number of nitrogens with one attached hydrogen (secondary N) is 1. The molecule has 0 unspecified atom stereocenters. The third-order valence-corrected chi connectivity index (χ3v) is 4.53. The molecule has 0 spiro atoms. The summed E-state index contributed by atoms with van der Waals surface area (Å²) in [5.74, 6) is 0.0879. The quantitative estimate of drug-likeness (QED) is 0.790. The molecule has 0 atom stereocenters. The van der Waals surface area contributed by atoms with E-state index in [1.165, 1.54) is 15.7 Å². The van der Waals surface area contributed by atoms with E-state index < -0.39 is 5.91 Å². The van der Waals surface area contributed by atoms with Crippen LogP contribution in [0.2, 0.25) is 0 Å². The normalized spacial score (nSPS) is 10.8. The zero-order valence-corrected chi connectivity index (χ0v) is 14.4. The standard InChI is InChI=1S/C17H17N3O3S/c1-4-23-13-8-6-5-7-12(13)15(21)19-14-11(3)18-17-20(16(14)22)10(2)9-24-17/h5-9H,4H2,1-3H3,(H,19,21). The first-order valence-electron chi connectivity index (χ1n) is 7.53. The number of rotatable bonds is 4. The van der Waals surface area contributed by atoms with Gasteiger partial charge < -0.3 is 10.1 Å². The van der Waals surface area contributed by atoms with Gasteiger partial charge in [-0.05, 0) is 32.9 Å². The van der Waals surface area contributed by atoms with Crippen molar-refractivity contribution in [2.75, 3.05) is 11.9 Å². The number of fused-ring (bicyclic) bond motifs is 1. The summed E-state index contributed by atoms with van der Waals surface area (Å²) in [6, 6.07) is 6.93. The summed E-state index contributed by atoms with van der Waals surface area (Å²) in [6.45, 7) is 5.84. The van der Waals surface area contributed by atoms with Crippen LogP contribution in [0.15, 0.2) is 34.4 Å². The SMILES string of the molecule is CCOc1ccccc1C(=O)Nc1c(C)nc2scc(C)n2c1=O. The smallest absolute Gasteiger partial charge is 0.282 e. The van der Waals surface area contributed by atoms with E-state index in [-0.39, 0.29) is 11.2 Å². The zero-order valence-electron chi connectivity index (χ0n) is 13.6. The molecule has 2 heterocycles. The second-order valence-electron chi connectivity index (χ2n) is 5.26. The maximum Gasteiger partial charge on any atom is 0.282 e. The minimum absolute atomic E-state index is 0.185. The second-order valence-corrected chi connectivity index (χ2v) is 6.09. The lowest BCUT2D eigenvalue weighted by molar-refractivity contribution is 0.102. The van der Waals surface area contributed by atoms with Gasteiger partial charge in [0.25, 0.3) is 11.5 Å². The number of amides is 1. The molecule has 6 nitrogen and oxygen atoms in total. The van der Waals surface area contributed by atoms with Crippen LogP contribution in [-0.2, 0) is 0 Å². The lowest BCUT2D eigenvalue weighted by atomic mass is 10.2. The van der Waals surface area contributed by atoms with Crippen molar-refractivity contribution in [2.45, 2.75) is 20.8 Å². The van der Waals surface area contributed by atoms with Crippen molar-refractivity contribution < 1.29 is 9.53 Å². The number of thiazole rings is 1. The molecule has 0 aliphatic rings. The van der Waals surface area contributed by atoms with E-state index in [1.54, 1.807) is 31.2 Å². The van der Waals surface area contributed by atoms with Crippen molar-refractivity contribution in [3.05, 3.63) is 57.0 Å². The number of benzene rings is 1. The molecule has 0 fully saturated rings. The number of carbonyl (C=O) groups is 1. The number of carbonyl (C=O) groups excluding carboxylic acids is 1. The Morgan fingerprint density at radius 1 is 1.33 bits per heavy atom. The lowest BCUT2D eigenvalue weighted by Crippen LogP contribution is -2.25. The largest absolute Gasteiger partial charge is 0.493 e. The number of nitrogens with zero attached hydrogens (tertiary/aromatic N) is 2. The number of para-hydroxylation sites is 1. The van der Waals surface area contributed by atoms with Crippen LogP contribution in [0.1, 0.15) is 28.7 Å².